The average molecular weight is 227 g/mol. The van der Waals surface area contributed by atoms with Gasteiger partial charge in [0.2, 0.25) is 0 Å². The summed E-state index contributed by atoms with van der Waals surface area (Å²) in [5, 5.41) is 0. The van der Waals surface area contributed by atoms with E-state index in [9.17, 15) is 0 Å². The highest BCUT2D eigenvalue weighted by Gasteiger charge is 2.22. The van der Waals surface area contributed by atoms with Gasteiger partial charge in [0, 0.05) is 32.2 Å². The zero-order valence-corrected chi connectivity index (χ0v) is 11.3. The summed E-state index contributed by atoms with van der Waals surface area (Å²) in [6.07, 6.45) is 2.45. The van der Waals surface area contributed by atoms with Crippen molar-refractivity contribution >= 4 is 0 Å². The molecular weight excluding hydrogens is 198 g/mol. The first-order valence-corrected chi connectivity index (χ1v) is 6.83. The lowest BCUT2D eigenvalue weighted by Gasteiger charge is -2.40. The molecule has 96 valence electrons. The van der Waals surface area contributed by atoms with E-state index in [1.54, 1.807) is 0 Å². The molecule has 1 rings (SSSR count). The Morgan fingerprint density at radius 3 is 2.69 bits per heavy atom. The highest BCUT2D eigenvalue weighted by atomic mass is 15.3. The van der Waals surface area contributed by atoms with Crippen molar-refractivity contribution in [3.8, 4) is 0 Å². The van der Waals surface area contributed by atoms with Crippen LogP contribution in [0.25, 0.3) is 0 Å². The molecule has 0 aromatic rings. The van der Waals surface area contributed by atoms with Gasteiger partial charge in [0.1, 0.15) is 0 Å². The van der Waals surface area contributed by atoms with Gasteiger partial charge in [0.05, 0.1) is 0 Å². The zero-order chi connectivity index (χ0) is 12.0. The van der Waals surface area contributed by atoms with Crippen molar-refractivity contribution in [2.75, 3.05) is 39.3 Å². The van der Waals surface area contributed by atoms with E-state index in [1.165, 1.54) is 45.6 Å². The van der Waals surface area contributed by atoms with Crippen LogP contribution in [0, 0.1) is 5.92 Å². The number of hydrogen-bond donors (Lipinski definition) is 1. The maximum absolute atomic E-state index is 5.55. The first-order valence-electron chi connectivity index (χ1n) is 6.83. The molecule has 1 aliphatic heterocycles. The third-order valence-electron chi connectivity index (χ3n) is 3.73. The normalized spacial score (nSPS) is 25.9. The quantitative estimate of drug-likeness (QED) is 0.744. The molecule has 1 heterocycles. The van der Waals surface area contributed by atoms with Gasteiger partial charge in [0.15, 0.2) is 0 Å². The van der Waals surface area contributed by atoms with Crippen LogP contribution in [-0.2, 0) is 0 Å². The molecule has 16 heavy (non-hydrogen) atoms. The minimum atomic E-state index is 0.723. The number of piperazine rings is 1. The fourth-order valence-electron chi connectivity index (χ4n) is 2.70. The van der Waals surface area contributed by atoms with Gasteiger partial charge in [-0.2, -0.15) is 0 Å². The van der Waals surface area contributed by atoms with E-state index in [2.05, 4.69) is 30.6 Å². The van der Waals surface area contributed by atoms with Gasteiger partial charge in [-0.25, -0.2) is 0 Å². The third-order valence-corrected chi connectivity index (χ3v) is 3.73. The molecular formula is C13H29N3. The van der Waals surface area contributed by atoms with E-state index in [-0.39, 0.29) is 0 Å². The molecule has 1 fully saturated rings. The zero-order valence-electron chi connectivity index (χ0n) is 11.3. The van der Waals surface area contributed by atoms with Crippen molar-refractivity contribution in [1.82, 2.24) is 9.80 Å². The van der Waals surface area contributed by atoms with Crippen molar-refractivity contribution in [3.05, 3.63) is 0 Å². The molecule has 3 heteroatoms. The SMILES string of the molecule is CCN1CCN(CC(C)CCCN)CC1C. The second kappa shape index (κ2) is 7.25. The lowest BCUT2D eigenvalue weighted by Crippen LogP contribution is -2.52. The Labute approximate surface area is 101 Å². The minimum absolute atomic E-state index is 0.723. The van der Waals surface area contributed by atoms with Gasteiger partial charge >= 0.3 is 0 Å². The first kappa shape index (κ1) is 13.9. The van der Waals surface area contributed by atoms with Crippen LogP contribution >= 0.6 is 0 Å². The van der Waals surface area contributed by atoms with Gasteiger partial charge in [0.25, 0.3) is 0 Å². The third kappa shape index (κ3) is 4.40. The summed E-state index contributed by atoms with van der Waals surface area (Å²) in [5.74, 6) is 0.795. The molecule has 2 atom stereocenters. The second-order valence-electron chi connectivity index (χ2n) is 5.27. The van der Waals surface area contributed by atoms with Crippen LogP contribution < -0.4 is 5.73 Å². The Morgan fingerprint density at radius 2 is 2.12 bits per heavy atom. The fourth-order valence-corrected chi connectivity index (χ4v) is 2.70. The van der Waals surface area contributed by atoms with Crippen molar-refractivity contribution in [1.29, 1.82) is 0 Å². The number of nitrogens with two attached hydrogens (primary N) is 1. The van der Waals surface area contributed by atoms with E-state index in [0.29, 0.717) is 0 Å². The first-order chi connectivity index (χ1) is 7.67. The van der Waals surface area contributed by atoms with E-state index >= 15 is 0 Å². The monoisotopic (exact) mass is 227 g/mol. The highest BCUT2D eigenvalue weighted by molar-refractivity contribution is 4.79. The molecule has 0 saturated carbocycles. The van der Waals surface area contributed by atoms with Crippen molar-refractivity contribution in [3.63, 3.8) is 0 Å². The van der Waals surface area contributed by atoms with E-state index in [1.807, 2.05) is 0 Å². The van der Waals surface area contributed by atoms with Crippen LogP contribution in [0.4, 0.5) is 0 Å². The number of hydrogen-bond acceptors (Lipinski definition) is 3. The van der Waals surface area contributed by atoms with Gasteiger partial charge in [-0.05, 0) is 38.8 Å². The molecule has 2 N–H and O–H groups in total. The molecule has 3 nitrogen and oxygen atoms in total. The second-order valence-corrected chi connectivity index (χ2v) is 5.27. The maximum Gasteiger partial charge on any atom is 0.0195 e. The minimum Gasteiger partial charge on any atom is -0.330 e. The van der Waals surface area contributed by atoms with Crippen LogP contribution in [0.3, 0.4) is 0 Å². The van der Waals surface area contributed by atoms with Gasteiger partial charge < -0.3 is 10.6 Å². The summed E-state index contributed by atoms with van der Waals surface area (Å²) in [6, 6.07) is 0.723. The summed E-state index contributed by atoms with van der Waals surface area (Å²) in [6.45, 7) is 14.0. The standard InChI is InChI=1S/C13H29N3/c1-4-16-9-8-15(11-13(16)3)10-12(2)6-5-7-14/h12-13H,4-11,14H2,1-3H3. The number of rotatable bonds is 6. The molecule has 2 unspecified atom stereocenters. The van der Waals surface area contributed by atoms with Gasteiger partial charge in [-0.1, -0.05) is 13.8 Å². The van der Waals surface area contributed by atoms with E-state index < -0.39 is 0 Å². The van der Waals surface area contributed by atoms with Crippen molar-refractivity contribution in [2.24, 2.45) is 11.7 Å². The van der Waals surface area contributed by atoms with Crippen molar-refractivity contribution in [2.45, 2.75) is 39.7 Å². The molecule has 0 amide bonds. The topological polar surface area (TPSA) is 32.5 Å². The van der Waals surface area contributed by atoms with E-state index in [4.69, 9.17) is 5.73 Å². The van der Waals surface area contributed by atoms with Crippen LogP contribution in [0.1, 0.15) is 33.6 Å². The molecule has 0 aromatic carbocycles. The molecule has 0 bridgehead atoms. The Bertz CT molecular complexity index is 184. The largest absolute Gasteiger partial charge is 0.330 e. The van der Waals surface area contributed by atoms with E-state index in [0.717, 1.165) is 18.5 Å². The maximum atomic E-state index is 5.55. The van der Waals surface area contributed by atoms with Crippen molar-refractivity contribution < 1.29 is 0 Å². The van der Waals surface area contributed by atoms with Crippen LogP contribution in [-0.4, -0.2) is 55.1 Å². The summed E-state index contributed by atoms with van der Waals surface area (Å²) in [7, 11) is 0. The molecule has 1 saturated heterocycles. The summed E-state index contributed by atoms with van der Waals surface area (Å²) in [5.41, 5.74) is 5.55. The fraction of sp³-hybridized carbons (Fsp3) is 1.00. The molecule has 0 radical (unpaired) electrons. The van der Waals surface area contributed by atoms with Crippen LogP contribution in [0.5, 0.6) is 0 Å². The smallest absolute Gasteiger partial charge is 0.0195 e. The van der Waals surface area contributed by atoms with Crippen LogP contribution in [0.2, 0.25) is 0 Å². The summed E-state index contributed by atoms with van der Waals surface area (Å²) >= 11 is 0. The number of nitrogens with zero attached hydrogens (tertiary/aromatic N) is 2. The number of likely N-dealkylation sites (N-methyl/N-ethyl adjacent to an activating group) is 1. The molecule has 0 aromatic heterocycles. The molecule has 1 aliphatic rings. The predicted octanol–water partition coefficient (Wildman–Crippen LogP) is 1.39. The van der Waals surface area contributed by atoms with Gasteiger partial charge in [-0.15, -0.1) is 0 Å². The van der Waals surface area contributed by atoms with Crippen LogP contribution in [0.15, 0.2) is 0 Å². The highest BCUT2D eigenvalue weighted by Crippen LogP contribution is 2.13. The Hall–Kier alpha value is -0.120. The molecule has 0 aliphatic carbocycles. The Morgan fingerprint density at radius 1 is 1.38 bits per heavy atom. The predicted molar refractivity (Wildman–Crippen MR) is 70.6 cm³/mol. The average Bonchev–Trinajstić information content (AvgIpc) is 2.26. The lowest BCUT2D eigenvalue weighted by atomic mass is 10.0. The lowest BCUT2D eigenvalue weighted by molar-refractivity contribution is 0.0778. The Balaban J connectivity index is 2.24. The summed E-state index contributed by atoms with van der Waals surface area (Å²) < 4.78 is 0. The van der Waals surface area contributed by atoms with Gasteiger partial charge in [-0.3, -0.25) is 4.90 Å². The molecule has 0 spiro atoms. The Kier molecular flexibility index (Phi) is 6.32. The summed E-state index contributed by atoms with van der Waals surface area (Å²) in [4.78, 5) is 5.19.